The van der Waals surface area contributed by atoms with Crippen LogP contribution in [0.1, 0.15) is 11.1 Å². The van der Waals surface area contributed by atoms with E-state index in [4.69, 9.17) is 0 Å². The van der Waals surface area contributed by atoms with Crippen LogP contribution < -0.4 is 5.54 Å². The first kappa shape index (κ1) is 10.2. The zero-order chi connectivity index (χ0) is 9.84. The van der Waals surface area contributed by atoms with Gasteiger partial charge < -0.3 is 0 Å². The molecule has 0 aliphatic heterocycles. The summed E-state index contributed by atoms with van der Waals surface area (Å²) in [5.74, 6) is 0. The van der Waals surface area contributed by atoms with Crippen LogP contribution in [0.25, 0.3) is 0 Å². The second-order valence-corrected chi connectivity index (χ2v) is 3.16. The standard InChI is InChI=1S/C9H11FN2S/c1-6-7(5-12-10)9(13)4-3-8(6)11-2/h3-4,12-13H,2,5H2,1H3. The van der Waals surface area contributed by atoms with Gasteiger partial charge in [0.1, 0.15) is 0 Å². The van der Waals surface area contributed by atoms with Crippen molar-refractivity contribution in [3.8, 4) is 0 Å². The van der Waals surface area contributed by atoms with Gasteiger partial charge >= 0.3 is 0 Å². The molecule has 70 valence electrons. The van der Waals surface area contributed by atoms with E-state index in [2.05, 4.69) is 24.3 Å². The van der Waals surface area contributed by atoms with Crippen LogP contribution >= 0.6 is 12.6 Å². The molecule has 0 unspecified atom stereocenters. The Bertz CT molecular complexity index is 326. The van der Waals surface area contributed by atoms with Gasteiger partial charge in [-0.05, 0) is 36.9 Å². The molecule has 4 heteroatoms. The molecule has 1 aromatic rings. The molecule has 0 atom stereocenters. The molecule has 0 spiro atoms. The van der Waals surface area contributed by atoms with Gasteiger partial charge in [-0.3, -0.25) is 4.99 Å². The number of aliphatic imine (C=N–C) groups is 1. The highest BCUT2D eigenvalue weighted by Gasteiger charge is 2.06. The molecule has 0 saturated carbocycles. The van der Waals surface area contributed by atoms with Crippen LogP contribution in [0.5, 0.6) is 0 Å². The lowest BCUT2D eigenvalue weighted by Crippen LogP contribution is -2.03. The topological polar surface area (TPSA) is 24.4 Å². The van der Waals surface area contributed by atoms with Crippen molar-refractivity contribution < 1.29 is 4.48 Å². The average molecular weight is 198 g/mol. The Morgan fingerprint density at radius 2 is 2.31 bits per heavy atom. The van der Waals surface area contributed by atoms with E-state index in [9.17, 15) is 4.48 Å². The van der Waals surface area contributed by atoms with Crippen molar-refractivity contribution in [2.75, 3.05) is 0 Å². The zero-order valence-electron chi connectivity index (χ0n) is 7.34. The predicted molar refractivity (Wildman–Crippen MR) is 55.6 cm³/mol. The molecule has 0 aliphatic rings. The maximum absolute atomic E-state index is 11.9. The van der Waals surface area contributed by atoms with Gasteiger partial charge in [0, 0.05) is 4.90 Å². The molecule has 1 aromatic carbocycles. The minimum Gasteiger partial charge on any atom is -0.264 e. The number of hydrogen-bond donors (Lipinski definition) is 2. The monoisotopic (exact) mass is 198 g/mol. The SMILES string of the molecule is C=Nc1ccc(S)c(CNF)c1C. The lowest BCUT2D eigenvalue weighted by Gasteiger charge is -2.09. The second kappa shape index (κ2) is 4.39. The number of nitrogens with zero attached hydrogens (tertiary/aromatic N) is 1. The first-order valence-electron chi connectivity index (χ1n) is 3.82. The van der Waals surface area contributed by atoms with E-state index >= 15 is 0 Å². The van der Waals surface area contributed by atoms with E-state index in [1.54, 1.807) is 11.6 Å². The lowest BCUT2D eigenvalue weighted by molar-refractivity contribution is 0.328. The third-order valence-electron chi connectivity index (χ3n) is 1.96. The van der Waals surface area contributed by atoms with Gasteiger partial charge in [0.25, 0.3) is 0 Å². The molecule has 0 amide bonds. The van der Waals surface area contributed by atoms with Crippen molar-refractivity contribution in [1.82, 2.24) is 5.54 Å². The van der Waals surface area contributed by atoms with Crippen LogP contribution in [-0.2, 0) is 6.54 Å². The van der Waals surface area contributed by atoms with Crippen molar-refractivity contribution in [3.05, 3.63) is 23.3 Å². The van der Waals surface area contributed by atoms with Gasteiger partial charge in [-0.25, -0.2) is 0 Å². The highest BCUT2D eigenvalue weighted by molar-refractivity contribution is 7.80. The number of hydrogen-bond acceptors (Lipinski definition) is 3. The molecule has 1 rings (SSSR count). The fraction of sp³-hybridized carbons (Fsp3) is 0.222. The maximum Gasteiger partial charge on any atom is 0.0655 e. The van der Waals surface area contributed by atoms with Crippen LogP contribution in [0, 0.1) is 6.92 Å². The Balaban J connectivity index is 3.21. The largest absolute Gasteiger partial charge is 0.264 e. The van der Waals surface area contributed by atoms with E-state index in [0.717, 1.165) is 21.7 Å². The Labute approximate surface area is 82.2 Å². The lowest BCUT2D eigenvalue weighted by atomic mass is 10.1. The second-order valence-electron chi connectivity index (χ2n) is 2.68. The number of benzene rings is 1. The van der Waals surface area contributed by atoms with Crippen molar-refractivity contribution in [2.45, 2.75) is 18.4 Å². The van der Waals surface area contributed by atoms with Gasteiger partial charge in [0.05, 0.1) is 12.2 Å². The van der Waals surface area contributed by atoms with Crippen molar-refractivity contribution in [2.24, 2.45) is 4.99 Å². The van der Waals surface area contributed by atoms with E-state index < -0.39 is 0 Å². The Hall–Kier alpha value is -0.870. The number of halogens is 1. The van der Waals surface area contributed by atoms with Crippen molar-refractivity contribution >= 4 is 25.0 Å². The minimum atomic E-state index is 0.147. The van der Waals surface area contributed by atoms with Crippen molar-refractivity contribution in [1.29, 1.82) is 0 Å². The van der Waals surface area contributed by atoms with Crippen LogP contribution in [0.4, 0.5) is 10.2 Å². The van der Waals surface area contributed by atoms with Gasteiger partial charge in [-0.2, -0.15) is 5.54 Å². The molecule has 0 fully saturated rings. The predicted octanol–water partition coefficient (Wildman–Crippen LogP) is 2.59. The van der Waals surface area contributed by atoms with Gasteiger partial charge in [0.15, 0.2) is 0 Å². The Morgan fingerprint density at radius 1 is 1.62 bits per heavy atom. The van der Waals surface area contributed by atoms with E-state index in [1.807, 2.05) is 13.0 Å². The van der Waals surface area contributed by atoms with Crippen LogP contribution in [0.3, 0.4) is 0 Å². The summed E-state index contributed by atoms with van der Waals surface area (Å²) in [7, 11) is 0. The van der Waals surface area contributed by atoms with Crippen molar-refractivity contribution in [3.63, 3.8) is 0 Å². The molecule has 0 heterocycles. The Morgan fingerprint density at radius 3 is 2.85 bits per heavy atom. The van der Waals surface area contributed by atoms with E-state index in [-0.39, 0.29) is 6.54 Å². The zero-order valence-corrected chi connectivity index (χ0v) is 8.24. The highest BCUT2D eigenvalue weighted by Crippen LogP contribution is 2.26. The normalized spacial score (nSPS) is 10.1. The van der Waals surface area contributed by atoms with Gasteiger partial charge in [-0.1, -0.05) is 0 Å². The molecule has 13 heavy (non-hydrogen) atoms. The number of rotatable bonds is 3. The first-order valence-corrected chi connectivity index (χ1v) is 4.27. The molecule has 0 aromatic heterocycles. The molecular weight excluding hydrogens is 187 g/mol. The summed E-state index contributed by atoms with van der Waals surface area (Å²) in [6.45, 7) is 5.45. The third-order valence-corrected chi connectivity index (χ3v) is 2.38. The van der Waals surface area contributed by atoms with E-state index in [0.29, 0.717) is 0 Å². The summed E-state index contributed by atoms with van der Waals surface area (Å²) < 4.78 is 11.9. The summed E-state index contributed by atoms with van der Waals surface area (Å²) in [5.41, 5.74) is 4.10. The molecule has 0 radical (unpaired) electrons. The highest BCUT2D eigenvalue weighted by atomic mass is 32.1. The smallest absolute Gasteiger partial charge is 0.0655 e. The van der Waals surface area contributed by atoms with Crippen LogP contribution in [0.15, 0.2) is 22.0 Å². The van der Waals surface area contributed by atoms with Crippen LogP contribution in [0.2, 0.25) is 0 Å². The first-order chi connectivity index (χ1) is 6.20. The van der Waals surface area contributed by atoms with Crippen LogP contribution in [-0.4, -0.2) is 6.72 Å². The summed E-state index contributed by atoms with van der Waals surface area (Å²) in [6.07, 6.45) is 0. The quantitative estimate of drug-likeness (QED) is 0.435. The van der Waals surface area contributed by atoms with Gasteiger partial charge in [0.2, 0.25) is 0 Å². The average Bonchev–Trinajstić information content (AvgIpc) is 2.12. The van der Waals surface area contributed by atoms with Gasteiger partial charge in [-0.15, -0.1) is 17.1 Å². The molecule has 1 N–H and O–H groups in total. The van der Waals surface area contributed by atoms with E-state index in [1.165, 1.54) is 0 Å². The Kier molecular flexibility index (Phi) is 3.45. The molecular formula is C9H11FN2S. The summed E-state index contributed by atoms with van der Waals surface area (Å²) >= 11 is 4.22. The fourth-order valence-corrected chi connectivity index (χ4v) is 1.51. The summed E-state index contributed by atoms with van der Waals surface area (Å²) in [5, 5.41) is 0. The third kappa shape index (κ3) is 2.08. The molecule has 0 aliphatic carbocycles. The summed E-state index contributed by atoms with van der Waals surface area (Å²) in [6, 6.07) is 3.60. The summed E-state index contributed by atoms with van der Waals surface area (Å²) in [4.78, 5) is 4.58. The minimum absolute atomic E-state index is 0.147. The maximum atomic E-state index is 11.9. The number of thiol groups is 1. The molecule has 0 saturated heterocycles. The molecule has 2 nitrogen and oxygen atoms in total. The fourth-order valence-electron chi connectivity index (χ4n) is 1.19. The molecule has 0 bridgehead atoms. The number of nitrogens with one attached hydrogen (secondary N) is 1.